The van der Waals surface area contributed by atoms with Gasteiger partial charge >= 0.3 is 5.97 Å². The molecular formula is C34H49NO4. The van der Waals surface area contributed by atoms with Crippen molar-refractivity contribution in [2.24, 2.45) is 46.3 Å². The van der Waals surface area contributed by atoms with Gasteiger partial charge in [0.15, 0.2) is 0 Å². The van der Waals surface area contributed by atoms with E-state index in [1.165, 1.54) is 81.2 Å². The van der Waals surface area contributed by atoms with Crippen molar-refractivity contribution >= 4 is 11.7 Å². The number of hydrogen-bond acceptors (Lipinski definition) is 4. The topological polar surface area (TPSA) is 69.4 Å². The maximum atomic E-state index is 12.8. The summed E-state index contributed by atoms with van der Waals surface area (Å²) in [6.07, 6.45) is 16.1. The van der Waals surface area contributed by atoms with Crippen LogP contribution in [0.3, 0.4) is 0 Å². The summed E-state index contributed by atoms with van der Waals surface area (Å²) in [5, 5.41) is 10.9. The van der Waals surface area contributed by atoms with Gasteiger partial charge in [-0.15, -0.1) is 0 Å². The SMILES string of the molecule is CC(C)CCC[C@@H](C)[C@H]1CCC2[C@@H]3CC=C4C[C@@H](OC(=O)c5ccc([N+](=O)[O-])cc5)CC[C@]4(C)C3CC[C@@]21C. The molecule has 5 nitrogen and oxygen atoms in total. The van der Waals surface area contributed by atoms with Crippen molar-refractivity contribution in [1.82, 2.24) is 0 Å². The number of esters is 1. The fourth-order valence-corrected chi connectivity index (χ4v) is 9.69. The van der Waals surface area contributed by atoms with E-state index in [9.17, 15) is 14.9 Å². The van der Waals surface area contributed by atoms with Gasteiger partial charge < -0.3 is 4.74 Å². The molecule has 1 aromatic rings. The third-order valence-electron chi connectivity index (χ3n) is 11.8. The minimum Gasteiger partial charge on any atom is -0.458 e. The summed E-state index contributed by atoms with van der Waals surface area (Å²) in [5.74, 6) is 4.54. The van der Waals surface area contributed by atoms with Gasteiger partial charge in [-0.25, -0.2) is 4.79 Å². The van der Waals surface area contributed by atoms with Crippen LogP contribution in [-0.2, 0) is 4.74 Å². The highest BCUT2D eigenvalue weighted by Gasteiger charge is 2.59. The van der Waals surface area contributed by atoms with Crippen LogP contribution in [0.2, 0.25) is 0 Å². The first-order valence-corrected chi connectivity index (χ1v) is 15.7. The fraction of sp³-hybridized carbons (Fsp3) is 0.735. The fourth-order valence-electron chi connectivity index (χ4n) is 9.69. The predicted octanol–water partition coefficient (Wildman–Crippen LogP) is 9.16. The number of fused-ring (bicyclic) bond motifs is 5. The molecule has 3 fully saturated rings. The molecule has 4 aliphatic rings. The van der Waals surface area contributed by atoms with Crippen LogP contribution in [-0.4, -0.2) is 17.0 Å². The summed E-state index contributed by atoms with van der Waals surface area (Å²) < 4.78 is 5.93. The second kappa shape index (κ2) is 11.0. The second-order valence-corrected chi connectivity index (χ2v) is 14.4. The Bertz CT molecular complexity index is 1090. The molecule has 0 aliphatic heterocycles. The van der Waals surface area contributed by atoms with E-state index in [4.69, 9.17) is 4.74 Å². The summed E-state index contributed by atoms with van der Waals surface area (Å²) in [7, 11) is 0. The molecule has 5 heteroatoms. The average Bonchev–Trinajstić information content (AvgIpc) is 3.26. The van der Waals surface area contributed by atoms with E-state index < -0.39 is 4.92 Å². The standard InChI is InChI=1S/C34H49NO4/c1-22(2)7-6-8-23(3)29-15-16-30-28-14-11-25-21-27(17-19-33(25,4)31(28)18-20-34(29,30)5)39-32(36)24-9-12-26(13-10-24)35(37)38/h9-13,22-23,27-31H,6-8,14-21H2,1-5H3/t23-,27+,28+,29-,30?,31?,33+,34-/m1/s1. The number of nitro benzene ring substituents is 1. The monoisotopic (exact) mass is 535 g/mol. The van der Waals surface area contributed by atoms with E-state index in [2.05, 4.69) is 40.7 Å². The van der Waals surface area contributed by atoms with E-state index in [1.807, 2.05) is 0 Å². The highest BCUT2D eigenvalue weighted by molar-refractivity contribution is 5.89. The maximum Gasteiger partial charge on any atom is 0.338 e. The molecule has 1 aromatic carbocycles. The molecule has 0 heterocycles. The molecule has 5 rings (SSSR count). The van der Waals surface area contributed by atoms with Crippen molar-refractivity contribution in [3.05, 3.63) is 51.6 Å². The number of nitro groups is 1. The van der Waals surface area contributed by atoms with E-state index in [0.717, 1.165) is 54.8 Å². The van der Waals surface area contributed by atoms with Crippen LogP contribution in [0.1, 0.15) is 116 Å². The van der Waals surface area contributed by atoms with Crippen molar-refractivity contribution < 1.29 is 14.5 Å². The van der Waals surface area contributed by atoms with Crippen molar-refractivity contribution in [1.29, 1.82) is 0 Å². The Morgan fingerprint density at radius 2 is 1.77 bits per heavy atom. The number of carbonyl (C=O) groups is 1. The molecule has 0 aromatic heterocycles. The quantitative estimate of drug-likeness (QED) is 0.144. The van der Waals surface area contributed by atoms with Crippen molar-refractivity contribution in [3.63, 3.8) is 0 Å². The Labute approximate surface area is 235 Å². The largest absolute Gasteiger partial charge is 0.458 e. The van der Waals surface area contributed by atoms with E-state index in [0.29, 0.717) is 11.0 Å². The Kier molecular flexibility index (Phi) is 8.01. The number of rotatable bonds is 8. The number of non-ortho nitro benzene ring substituents is 1. The lowest BCUT2D eigenvalue weighted by Gasteiger charge is -2.58. The van der Waals surface area contributed by atoms with Gasteiger partial charge in [0.25, 0.3) is 5.69 Å². The minimum absolute atomic E-state index is 0.0142. The summed E-state index contributed by atoms with van der Waals surface area (Å²) in [4.78, 5) is 23.3. The first kappa shape index (κ1) is 28.4. The summed E-state index contributed by atoms with van der Waals surface area (Å²) in [6, 6.07) is 5.73. The second-order valence-electron chi connectivity index (χ2n) is 14.4. The van der Waals surface area contributed by atoms with Crippen LogP contribution < -0.4 is 0 Å². The van der Waals surface area contributed by atoms with Gasteiger partial charge in [-0.1, -0.05) is 65.5 Å². The number of hydrogen-bond donors (Lipinski definition) is 0. The van der Waals surface area contributed by atoms with Gasteiger partial charge in [0.2, 0.25) is 0 Å². The van der Waals surface area contributed by atoms with Crippen LogP contribution >= 0.6 is 0 Å². The van der Waals surface area contributed by atoms with E-state index >= 15 is 0 Å². The molecule has 8 atom stereocenters. The highest BCUT2D eigenvalue weighted by Crippen LogP contribution is 2.67. The molecule has 0 saturated heterocycles. The molecule has 2 unspecified atom stereocenters. The average molecular weight is 536 g/mol. The predicted molar refractivity (Wildman–Crippen MR) is 155 cm³/mol. The summed E-state index contributed by atoms with van der Waals surface area (Å²) >= 11 is 0. The number of nitrogens with zero attached hydrogens (tertiary/aromatic N) is 1. The van der Waals surface area contributed by atoms with Gasteiger partial charge in [-0.3, -0.25) is 10.1 Å². The summed E-state index contributed by atoms with van der Waals surface area (Å²) in [5.41, 5.74) is 2.60. The first-order valence-electron chi connectivity index (χ1n) is 15.7. The van der Waals surface area contributed by atoms with Gasteiger partial charge in [0.05, 0.1) is 10.5 Å². The van der Waals surface area contributed by atoms with Crippen LogP contribution in [0.15, 0.2) is 35.9 Å². The zero-order valence-corrected chi connectivity index (χ0v) is 24.8. The van der Waals surface area contributed by atoms with Gasteiger partial charge in [-0.2, -0.15) is 0 Å². The maximum absolute atomic E-state index is 12.8. The van der Waals surface area contributed by atoms with Crippen LogP contribution in [0.4, 0.5) is 5.69 Å². The number of allylic oxidation sites excluding steroid dienone is 1. The van der Waals surface area contributed by atoms with Gasteiger partial charge in [-0.05, 0) is 103 Å². The van der Waals surface area contributed by atoms with Crippen molar-refractivity contribution in [2.45, 2.75) is 111 Å². The Balaban J connectivity index is 1.23. The van der Waals surface area contributed by atoms with Crippen LogP contribution in [0.25, 0.3) is 0 Å². The third-order valence-corrected chi connectivity index (χ3v) is 11.8. The Hall–Kier alpha value is -2.17. The number of ether oxygens (including phenoxy) is 1. The summed E-state index contributed by atoms with van der Waals surface area (Å²) in [6.45, 7) is 12.4. The molecule has 39 heavy (non-hydrogen) atoms. The zero-order valence-electron chi connectivity index (χ0n) is 24.8. The van der Waals surface area contributed by atoms with Crippen molar-refractivity contribution in [3.8, 4) is 0 Å². The lowest BCUT2D eigenvalue weighted by molar-refractivity contribution is -0.384. The zero-order chi connectivity index (χ0) is 27.9. The van der Waals surface area contributed by atoms with E-state index in [-0.39, 0.29) is 23.2 Å². The lowest BCUT2D eigenvalue weighted by atomic mass is 9.47. The molecule has 214 valence electrons. The molecule has 4 aliphatic carbocycles. The molecular weight excluding hydrogens is 486 g/mol. The molecule has 0 radical (unpaired) electrons. The number of benzene rings is 1. The molecule has 3 saturated carbocycles. The Morgan fingerprint density at radius 1 is 1.03 bits per heavy atom. The number of carbonyl (C=O) groups excluding carboxylic acids is 1. The molecule has 0 amide bonds. The van der Waals surface area contributed by atoms with Crippen LogP contribution in [0.5, 0.6) is 0 Å². The first-order chi connectivity index (χ1) is 18.5. The minimum atomic E-state index is -0.450. The van der Waals surface area contributed by atoms with Crippen molar-refractivity contribution in [2.75, 3.05) is 0 Å². The van der Waals surface area contributed by atoms with E-state index in [1.54, 1.807) is 0 Å². The molecule has 0 bridgehead atoms. The van der Waals surface area contributed by atoms with Crippen LogP contribution in [0, 0.1) is 56.5 Å². The van der Waals surface area contributed by atoms with Gasteiger partial charge in [0.1, 0.15) is 6.10 Å². The third kappa shape index (κ3) is 5.32. The smallest absolute Gasteiger partial charge is 0.338 e. The van der Waals surface area contributed by atoms with Gasteiger partial charge in [0, 0.05) is 18.6 Å². The Morgan fingerprint density at radius 3 is 2.46 bits per heavy atom. The normalized spacial score (nSPS) is 36.4. The molecule has 0 spiro atoms. The molecule has 0 N–H and O–H groups in total. The lowest BCUT2D eigenvalue weighted by Crippen LogP contribution is -2.51. The highest BCUT2D eigenvalue weighted by atomic mass is 16.6.